The summed E-state index contributed by atoms with van der Waals surface area (Å²) in [6.45, 7) is 4.46. The van der Waals surface area contributed by atoms with E-state index in [2.05, 4.69) is 48.3 Å². The fraction of sp³-hybridized carbons (Fsp3) is 0.286. The summed E-state index contributed by atoms with van der Waals surface area (Å²) in [6.07, 6.45) is 2.42. The average Bonchev–Trinajstić information content (AvgIpc) is 3.13. The molecule has 130 valence electrons. The number of hydrogen-bond donors (Lipinski definition) is 1. The Morgan fingerprint density at radius 1 is 1.20 bits per heavy atom. The molecule has 0 bridgehead atoms. The van der Waals surface area contributed by atoms with E-state index in [4.69, 9.17) is 9.47 Å². The van der Waals surface area contributed by atoms with Crippen molar-refractivity contribution in [3.8, 4) is 11.1 Å². The van der Waals surface area contributed by atoms with Gasteiger partial charge in [-0.15, -0.1) is 0 Å². The van der Waals surface area contributed by atoms with Crippen LogP contribution in [0.3, 0.4) is 0 Å². The van der Waals surface area contributed by atoms with Gasteiger partial charge in [0.05, 0.1) is 7.11 Å². The molecular weight excluding hydrogens is 314 g/mol. The number of carbonyl (C=O) groups excluding carboxylic acids is 1. The Bertz CT molecular complexity index is 769. The summed E-state index contributed by atoms with van der Waals surface area (Å²) in [4.78, 5) is 11.8. The summed E-state index contributed by atoms with van der Waals surface area (Å²) in [5.41, 5.74) is 3.90. The molecule has 1 heterocycles. The van der Waals surface area contributed by atoms with Crippen LogP contribution >= 0.6 is 0 Å². The third-order valence-electron chi connectivity index (χ3n) is 4.95. The minimum Gasteiger partial charge on any atom is -0.468 e. The van der Waals surface area contributed by atoms with E-state index in [1.807, 2.05) is 18.2 Å². The molecule has 1 aliphatic rings. The van der Waals surface area contributed by atoms with Gasteiger partial charge >= 0.3 is 5.97 Å². The molecule has 4 nitrogen and oxygen atoms in total. The van der Waals surface area contributed by atoms with Gasteiger partial charge in [-0.1, -0.05) is 61.2 Å². The summed E-state index contributed by atoms with van der Waals surface area (Å²) in [7, 11) is 3.09. The van der Waals surface area contributed by atoms with Crippen LogP contribution in [0.5, 0.6) is 0 Å². The molecule has 1 N–H and O–H groups in total. The van der Waals surface area contributed by atoms with Crippen LogP contribution < -0.4 is 5.32 Å². The van der Waals surface area contributed by atoms with Gasteiger partial charge in [0.2, 0.25) is 0 Å². The Labute approximate surface area is 148 Å². The Kier molecular flexibility index (Phi) is 5.02. The van der Waals surface area contributed by atoms with Crippen molar-refractivity contribution in [2.45, 2.75) is 18.1 Å². The van der Waals surface area contributed by atoms with Crippen molar-refractivity contribution in [1.82, 2.24) is 5.32 Å². The molecule has 0 spiro atoms. The zero-order valence-electron chi connectivity index (χ0n) is 14.6. The zero-order valence-corrected chi connectivity index (χ0v) is 14.6. The minimum absolute atomic E-state index is 0.254. The maximum Gasteiger partial charge on any atom is 0.322 e. The molecule has 4 heteroatoms. The van der Waals surface area contributed by atoms with Crippen molar-refractivity contribution in [3.05, 3.63) is 66.2 Å². The van der Waals surface area contributed by atoms with Crippen LogP contribution in [0, 0.1) is 0 Å². The number of esters is 1. The molecule has 0 radical (unpaired) electrons. The SMILES string of the molecule is C=Cc1ccccc1-c1ccc([C@@]2(OC)CN[C@H](C(=O)OC)C2)cc1. The number of nitrogens with one attached hydrogen (secondary N) is 1. The molecule has 0 unspecified atom stereocenters. The van der Waals surface area contributed by atoms with Crippen molar-refractivity contribution in [2.75, 3.05) is 20.8 Å². The normalized spacial score (nSPS) is 22.6. The molecule has 1 aliphatic heterocycles. The number of carbonyl (C=O) groups is 1. The van der Waals surface area contributed by atoms with Crippen LogP contribution in [-0.2, 0) is 19.9 Å². The summed E-state index contributed by atoms with van der Waals surface area (Å²) in [6, 6.07) is 16.1. The van der Waals surface area contributed by atoms with Gasteiger partial charge in [-0.2, -0.15) is 0 Å². The van der Waals surface area contributed by atoms with E-state index in [9.17, 15) is 4.79 Å². The van der Waals surface area contributed by atoms with E-state index in [1.54, 1.807) is 7.11 Å². The Morgan fingerprint density at radius 3 is 2.56 bits per heavy atom. The van der Waals surface area contributed by atoms with Gasteiger partial charge in [0.1, 0.15) is 11.6 Å². The van der Waals surface area contributed by atoms with Crippen molar-refractivity contribution in [1.29, 1.82) is 0 Å². The van der Waals surface area contributed by atoms with Crippen LogP contribution in [0.2, 0.25) is 0 Å². The highest BCUT2D eigenvalue weighted by molar-refractivity contribution is 5.77. The number of hydrogen-bond acceptors (Lipinski definition) is 4. The van der Waals surface area contributed by atoms with Crippen molar-refractivity contribution < 1.29 is 14.3 Å². The van der Waals surface area contributed by atoms with Crippen LogP contribution in [0.1, 0.15) is 17.5 Å². The molecular formula is C21H23NO3. The quantitative estimate of drug-likeness (QED) is 0.850. The Balaban J connectivity index is 1.89. The average molecular weight is 337 g/mol. The summed E-state index contributed by atoms with van der Waals surface area (Å²) < 4.78 is 10.7. The van der Waals surface area contributed by atoms with Crippen molar-refractivity contribution in [3.63, 3.8) is 0 Å². The molecule has 0 aromatic heterocycles. The maximum atomic E-state index is 11.8. The van der Waals surface area contributed by atoms with E-state index >= 15 is 0 Å². The molecule has 1 fully saturated rings. The fourth-order valence-corrected chi connectivity index (χ4v) is 3.46. The Morgan fingerprint density at radius 2 is 1.92 bits per heavy atom. The summed E-state index contributed by atoms with van der Waals surface area (Å²) in [5, 5.41) is 3.20. The second-order valence-corrected chi connectivity index (χ2v) is 6.23. The lowest BCUT2D eigenvalue weighted by atomic mass is 9.89. The van der Waals surface area contributed by atoms with Crippen LogP contribution in [-0.4, -0.2) is 32.8 Å². The molecule has 1 saturated heterocycles. The first-order valence-electron chi connectivity index (χ1n) is 8.32. The Hall–Kier alpha value is -2.43. The molecule has 3 rings (SSSR count). The maximum absolute atomic E-state index is 11.8. The van der Waals surface area contributed by atoms with Gasteiger partial charge in [-0.3, -0.25) is 4.79 Å². The third kappa shape index (κ3) is 3.23. The van der Waals surface area contributed by atoms with E-state index in [1.165, 1.54) is 7.11 Å². The van der Waals surface area contributed by atoms with Crippen LogP contribution in [0.25, 0.3) is 17.2 Å². The first-order valence-corrected chi connectivity index (χ1v) is 8.32. The van der Waals surface area contributed by atoms with E-state index in [-0.39, 0.29) is 12.0 Å². The fourth-order valence-electron chi connectivity index (χ4n) is 3.46. The van der Waals surface area contributed by atoms with Gasteiger partial charge in [-0.25, -0.2) is 0 Å². The number of ether oxygens (including phenoxy) is 2. The molecule has 2 atom stereocenters. The smallest absolute Gasteiger partial charge is 0.322 e. The lowest BCUT2D eigenvalue weighted by molar-refractivity contribution is -0.143. The van der Waals surface area contributed by atoms with E-state index in [0.29, 0.717) is 13.0 Å². The van der Waals surface area contributed by atoms with Crippen LogP contribution in [0.15, 0.2) is 55.1 Å². The monoisotopic (exact) mass is 337 g/mol. The van der Waals surface area contributed by atoms with Crippen LogP contribution in [0.4, 0.5) is 0 Å². The lowest BCUT2D eigenvalue weighted by Crippen LogP contribution is -2.31. The highest BCUT2D eigenvalue weighted by Gasteiger charge is 2.43. The highest BCUT2D eigenvalue weighted by Crippen LogP contribution is 2.36. The van der Waals surface area contributed by atoms with Crippen molar-refractivity contribution in [2.24, 2.45) is 0 Å². The lowest BCUT2D eigenvalue weighted by Gasteiger charge is -2.27. The summed E-state index contributed by atoms with van der Waals surface area (Å²) in [5.74, 6) is -0.254. The van der Waals surface area contributed by atoms with Crippen molar-refractivity contribution >= 4 is 12.0 Å². The topological polar surface area (TPSA) is 47.6 Å². The van der Waals surface area contributed by atoms with Gasteiger partial charge in [0.25, 0.3) is 0 Å². The zero-order chi connectivity index (χ0) is 17.9. The first kappa shape index (κ1) is 17.4. The molecule has 25 heavy (non-hydrogen) atoms. The number of benzene rings is 2. The van der Waals surface area contributed by atoms with Gasteiger partial charge in [-0.05, 0) is 22.3 Å². The van der Waals surface area contributed by atoms with E-state index in [0.717, 1.165) is 22.3 Å². The molecule has 0 saturated carbocycles. The molecule has 0 amide bonds. The predicted molar refractivity (Wildman–Crippen MR) is 99.1 cm³/mol. The van der Waals surface area contributed by atoms with Gasteiger partial charge < -0.3 is 14.8 Å². The summed E-state index contributed by atoms with van der Waals surface area (Å²) >= 11 is 0. The standard InChI is InChI=1S/C21H23NO3/c1-4-15-7-5-6-8-18(15)16-9-11-17(12-10-16)21(25-3)13-19(22-14-21)20(23)24-2/h4-12,19,22H,1,13-14H2,2-3H3/t19-,21-/m0/s1. The molecule has 2 aromatic rings. The minimum atomic E-state index is -0.519. The first-order chi connectivity index (χ1) is 12.1. The third-order valence-corrected chi connectivity index (χ3v) is 4.95. The second kappa shape index (κ2) is 7.21. The molecule has 0 aliphatic carbocycles. The van der Waals surface area contributed by atoms with Gasteiger partial charge in [0, 0.05) is 20.1 Å². The molecule has 2 aromatic carbocycles. The predicted octanol–water partition coefficient (Wildman–Crippen LogP) is 3.37. The van der Waals surface area contributed by atoms with E-state index < -0.39 is 5.60 Å². The highest BCUT2D eigenvalue weighted by atomic mass is 16.5. The van der Waals surface area contributed by atoms with Gasteiger partial charge in [0.15, 0.2) is 0 Å². The second-order valence-electron chi connectivity index (χ2n) is 6.23. The largest absolute Gasteiger partial charge is 0.468 e. The number of rotatable bonds is 5. The number of methoxy groups -OCH3 is 2.